The number of benzene rings is 3. The highest BCUT2D eigenvalue weighted by Crippen LogP contribution is 2.24. The van der Waals surface area contributed by atoms with Crippen LogP contribution in [-0.2, 0) is 4.79 Å². The van der Waals surface area contributed by atoms with Gasteiger partial charge in [-0.25, -0.2) is 4.79 Å². The first-order valence-electron chi connectivity index (χ1n) is 9.62. The van der Waals surface area contributed by atoms with Crippen LogP contribution in [0.25, 0.3) is 0 Å². The molecule has 1 fully saturated rings. The molecule has 0 bridgehead atoms. The molecule has 0 radical (unpaired) electrons. The Labute approximate surface area is 180 Å². The van der Waals surface area contributed by atoms with E-state index in [0.29, 0.717) is 23.8 Å². The summed E-state index contributed by atoms with van der Waals surface area (Å²) in [5, 5.41) is 6.71. The normalized spacial score (nSPS) is 13.4. The van der Waals surface area contributed by atoms with E-state index in [4.69, 9.17) is 11.6 Å². The van der Waals surface area contributed by atoms with Gasteiger partial charge in [0.2, 0.25) is 5.91 Å². The molecule has 3 amide bonds. The van der Waals surface area contributed by atoms with E-state index in [1.165, 1.54) is 4.90 Å². The predicted octanol–water partition coefficient (Wildman–Crippen LogP) is 4.96. The van der Waals surface area contributed by atoms with E-state index in [0.717, 1.165) is 17.1 Å². The minimum Gasteiger partial charge on any atom is -0.356 e. The standard InChI is InChI=1S/C23H21ClN4O2/c24-17-5-4-8-21(15-17)28-14-13-27(23(28)30)16-22(29)26-20-11-9-19(10-12-20)25-18-6-2-1-3-7-18/h1-12,15,25H,13-14,16H2,(H,26,29). The molecule has 1 saturated heterocycles. The topological polar surface area (TPSA) is 64.7 Å². The van der Waals surface area contributed by atoms with Gasteiger partial charge < -0.3 is 15.5 Å². The molecule has 0 saturated carbocycles. The van der Waals surface area contributed by atoms with Crippen molar-refractivity contribution in [2.24, 2.45) is 0 Å². The van der Waals surface area contributed by atoms with Crippen molar-refractivity contribution in [3.05, 3.63) is 83.9 Å². The van der Waals surface area contributed by atoms with E-state index < -0.39 is 0 Å². The molecule has 0 spiro atoms. The number of nitrogens with zero attached hydrogens (tertiary/aromatic N) is 2. The number of halogens is 1. The lowest BCUT2D eigenvalue weighted by atomic mass is 10.2. The van der Waals surface area contributed by atoms with Crippen LogP contribution in [-0.4, -0.2) is 36.5 Å². The minimum atomic E-state index is -0.236. The van der Waals surface area contributed by atoms with Crippen LogP contribution >= 0.6 is 11.6 Å². The fourth-order valence-corrected chi connectivity index (χ4v) is 3.50. The van der Waals surface area contributed by atoms with Crippen LogP contribution in [0.3, 0.4) is 0 Å². The summed E-state index contributed by atoms with van der Waals surface area (Å²) in [6.45, 7) is 1.00. The summed E-state index contributed by atoms with van der Waals surface area (Å²) in [5.74, 6) is -0.236. The van der Waals surface area contributed by atoms with Crippen molar-refractivity contribution in [3.8, 4) is 0 Å². The summed E-state index contributed by atoms with van der Waals surface area (Å²) in [7, 11) is 0. The van der Waals surface area contributed by atoms with E-state index in [2.05, 4.69) is 10.6 Å². The van der Waals surface area contributed by atoms with Crippen molar-refractivity contribution in [1.82, 2.24) is 4.90 Å². The molecule has 3 aromatic rings. The Bertz CT molecular complexity index is 1040. The number of hydrogen-bond acceptors (Lipinski definition) is 3. The lowest BCUT2D eigenvalue weighted by molar-refractivity contribution is -0.116. The van der Waals surface area contributed by atoms with Crippen LogP contribution < -0.4 is 15.5 Å². The first kappa shape index (κ1) is 19.8. The SMILES string of the molecule is O=C(CN1CCN(c2cccc(Cl)c2)C1=O)Nc1ccc(Nc2ccccc2)cc1. The van der Waals surface area contributed by atoms with Gasteiger partial charge in [0, 0.05) is 40.9 Å². The second-order valence-electron chi connectivity index (χ2n) is 6.95. The zero-order valence-electron chi connectivity index (χ0n) is 16.2. The molecule has 4 rings (SSSR count). The van der Waals surface area contributed by atoms with E-state index in [1.807, 2.05) is 60.7 Å². The van der Waals surface area contributed by atoms with Crippen molar-refractivity contribution >= 4 is 46.3 Å². The molecule has 1 aliphatic heterocycles. The lowest BCUT2D eigenvalue weighted by Crippen LogP contribution is -2.37. The summed E-state index contributed by atoms with van der Waals surface area (Å²) in [5.41, 5.74) is 3.33. The van der Waals surface area contributed by atoms with Gasteiger partial charge in [-0.05, 0) is 54.6 Å². The fourth-order valence-electron chi connectivity index (χ4n) is 3.31. The van der Waals surface area contributed by atoms with Gasteiger partial charge >= 0.3 is 6.03 Å². The summed E-state index contributed by atoms with van der Waals surface area (Å²) in [6.07, 6.45) is 0. The van der Waals surface area contributed by atoms with Crippen molar-refractivity contribution in [1.29, 1.82) is 0 Å². The Morgan fingerprint density at radius 3 is 2.30 bits per heavy atom. The highest BCUT2D eigenvalue weighted by molar-refractivity contribution is 6.30. The molecule has 1 aliphatic rings. The first-order valence-corrected chi connectivity index (χ1v) is 10.0. The van der Waals surface area contributed by atoms with Crippen molar-refractivity contribution < 1.29 is 9.59 Å². The molecule has 0 atom stereocenters. The Kier molecular flexibility index (Phi) is 5.86. The largest absolute Gasteiger partial charge is 0.356 e. The minimum absolute atomic E-state index is 0.0000835. The number of carbonyl (C=O) groups excluding carboxylic acids is 2. The van der Waals surface area contributed by atoms with Crippen LogP contribution in [0.5, 0.6) is 0 Å². The van der Waals surface area contributed by atoms with Gasteiger partial charge in [-0.2, -0.15) is 0 Å². The van der Waals surface area contributed by atoms with Crippen LogP contribution in [0, 0.1) is 0 Å². The average molecular weight is 421 g/mol. The number of rotatable bonds is 6. The maximum absolute atomic E-state index is 12.6. The third-order valence-electron chi connectivity index (χ3n) is 4.78. The lowest BCUT2D eigenvalue weighted by Gasteiger charge is -2.18. The number of nitrogens with one attached hydrogen (secondary N) is 2. The quantitative estimate of drug-likeness (QED) is 0.592. The number of amides is 3. The number of hydrogen-bond donors (Lipinski definition) is 2. The molecule has 3 aromatic carbocycles. The molecular weight excluding hydrogens is 400 g/mol. The van der Waals surface area contributed by atoms with Crippen LogP contribution in [0.1, 0.15) is 0 Å². The summed E-state index contributed by atoms with van der Waals surface area (Å²) >= 11 is 6.02. The molecular formula is C23H21ClN4O2. The predicted molar refractivity (Wildman–Crippen MR) is 121 cm³/mol. The first-order chi connectivity index (χ1) is 14.6. The summed E-state index contributed by atoms with van der Waals surface area (Å²) in [6, 6.07) is 24.2. The molecule has 152 valence electrons. The maximum atomic E-state index is 12.6. The number of urea groups is 1. The molecule has 0 aromatic heterocycles. The van der Waals surface area contributed by atoms with Gasteiger partial charge in [-0.15, -0.1) is 0 Å². The third-order valence-corrected chi connectivity index (χ3v) is 5.02. The molecule has 2 N–H and O–H groups in total. The highest BCUT2D eigenvalue weighted by atomic mass is 35.5. The van der Waals surface area contributed by atoms with Crippen molar-refractivity contribution in [3.63, 3.8) is 0 Å². The summed E-state index contributed by atoms with van der Waals surface area (Å²) in [4.78, 5) is 28.2. The van der Waals surface area contributed by atoms with Gasteiger partial charge in [0.15, 0.2) is 0 Å². The van der Waals surface area contributed by atoms with E-state index in [-0.39, 0.29) is 18.5 Å². The molecule has 1 heterocycles. The van der Waals surface area contributed by atoms with Crippen LogP contribution in [0.2, 0.25) is 5.02 Å². The Balaban J connectivity index is 1.32. The van der Waals surface area contributed by atoms with Gasteiger partial charge in [0.05, 0.1) is 0 Å². The van der Waals surface area contributed by atoms with Gasteiger partial charge in [0.25, 0.3) is 0 Å². The Morgan fingerprint density at radius 1 is 0.867 bits per heavy atom. The van der Waals surface area contributed by atoms with Gasteiger partial charge in [0.1, 0.15) is 6.54 Å². The molecule has 7 heteroatoms. The fraction of sp³-hybridized carbons (Fsp3) is 0.130. The second-order valence-corrected chi connectivity index (χ2v) is 7.39. The molecule has 6 nitrogen and oxygen atoms in total. The van der Waals surface area contributed by atoms with Crippen LogP contribution in [0.4, 0.5) is 27.5 Å². The molecule has 0 aliphatic carbocycles. The summed E-state index contributed by atoms with van der Waals surface area (Å²) < 4.78 is 0. The second kappa shape index (κ2) is 8.88. The van der Waals surface area contributed by atoms with Crippen molar-refractivity contribution in [2.45, 2.75) is 0 Å². The zero-order chi connectivity index (χ0) is 20.9. The molecule has 30 heavy (non-hydrogen) atoms. The Hall–Kier alpha value is -3.51. The van der Waals surface area contributed by atoms with Crippen LogP contribution in [0.15, 0.2) is 78.9 Å². The van der Waals surface area contributed by atoms with Crippen molar-refractivity contribution in [2.75, 3.05) is 35.2 Å². The number of anilines is 4. The number of carbonyl (C=O) groups is 2. The average Bonchev–Trinajstić information content (AvgIpc) is 3.10. The van der Waals surface area contributed by atoms with E-state index >= 15 is 0 Å². The number of para-hydroxylation sites is 1. The zero-order valence-corrected chi connectivity index (χ0v) is 17.0. The van der Waals surface area contributed by atoms with Gasteiger partial charge in [-0.3, -0.25) is 9.69 Å². The Morgan fingerprint density at radius 2 is 1.57 bits per heavy atom. The van der Waals surface area contributed by atoms with Gasteiger partial charge in [-0.1, -0.05) is 35.9 Å². The smallest absolute Gasteiger partial charge is 0.325 e. The molecule has 0 unspecified atom stereocenters. The van der Waals surface area contributed by atoms with E-state index in [9.17, 15) is 9.59 Å². The maximum Gasteiger partial charge on any atom is 0.325 e. The third kappa shape index (κ3) is 4.72. The monoisotopic (exact) mass is 420 g/mol. The van der Waals surface area contributed by atoms with E-state index in [1.54, 1.807) is 23.1 Å². The highest BCUT2D eigenvalue weighted by Gasteiger charge is 2.30.